The van der Waals surface area contributed by atoms with Gasteiger partial charge in [-0.2, -0.15) is 0 Å². The molecule has 1 aliphatic heterocycles. The van der Waals surface area contributed by atoms with Crippen molar-refractivity contribution in [2.24, 2.45) is 0 Å². The number of benzene rings is 1. The van der Waals surface area contributed by atoms with Crippen LogP contribution in [0.1, 0.15) is 5.56 Å². The van der Waals surface area contributed by atoms with Crippen molar-refractivity contribution in [3.05, 3.63) is 40.2 Å². The Hall–Kier alpha value is -2.17. The molecule has 0 N–H and O–H groups in total. The average molecular weight is 242 g/mol. The van der Waals surface area contributed by atoms with Crippen molar-refractivity contribution in [1.29, 1.82) is 0 Å². The van der Waals surface area contributed by atoms with E-state index in [4.69, 9.17) is 0 Å². The van der Waals surface area contributed by atoms with Gasteiger partial charge >= 0.3 is 0 Å². The van der Waals surface area contributed by atoms with E-state index in [9.17, 15) is 4.79 Å². The van der Waals surface area contributed by atoms with Crippen LogP contribution in [0.3, 0.4) is 0 Å². The first kappa shape index (κ1) is 11.0. The van der Waals surface area contributed by atoms with E-state index in [1.54, 1.807) is 4.57 Å². The van der Waals surface area contributed by atoms with Crippen molar-refractivity contribution >= 4 is 5.95 Å². The maximum Gasteiger partial charge on any atom is 0.281 e. The van der Waals surface area contributed by atoms with Crippen molar-refractivity contribution in [2.45, 2.75) is 13.5 Å². The predicted molar refractivity (Wildman–Crippen MR) is 69.7 cm³/mol. The highest BCUT2D eigenvalue weighted by atomic mass is 16.1. The first-order chi connectivity index (χ1) is 8.66. The lowest BCUT2D eigenvalue weighted by atomic mass is 10.1. The Kier molecular flexibility index (Phi) is 2.40. The third kappa shape index (κ3) is 1.59. The molecule has 5 heteroatoms. The van der Waals surface area contributed by atoms with Gasteiger partial charge in [-0.15, -0.1) is 10.2 Å². The minimum atomic E-state index is -0.0602. The average Bonchev–Trinajstić information content (AvgIpc) is 2.73. The van der Waals surface area contributed by atoms with Crippen molar-refractivity contribution in [1.82, 2.24) is 14.8 Å². The summed E-state index contributed by atoms with van der Waals surface area (Å²) in [7, 11) is 1.92. The molecule has 1 aliphatic rings. The highest BCUT2D eigenvalue weighted by Gasteiger charge is 2.21. The van der Waals surface area contributed by atoms with E-state index in [1.807, 2.05) is 43.1 Å². The molecule has 0 fully saturated rings. The highest BCUT2D eigenvalue weighted by molar-refractivity contribution is 5.59. The van der Waals surface area contributed by atoms with Crippen LogP contribution in [-0.2, 0) is 6.54 Å². The molecule has 1 aromatic heterocycles. The van der Waals surface area contributed by atoms with Gasteiger partial charge in [0.15, 0.2) is 5.69 Å². The van der Waals surface area contributed by atoms with Gasteiger partial charge in [0, 0.05) is 25.7 Å². The summed E-state index contributed by atoms with van der Waals surface area (Å²) in [5.41, 5.74) is 2.31. The summed E-state index contributed by atoms with van der Waals surface area (Å²) in [6, 6.07) is 7.77. The van der Waals surface area contributed by atoms with E-state index in [-0.39, 0.29) is 5.56 Å². The van der Waals surface area contributed by atoms with Crippen LogP contribution in [0, 0.1) is 6.92 Å². The summed E-state index contributed by atoms with van der Waals surface area (Å²) in [6.45, 7) is 3.48. The molecule has 0 aliphatic carbocycles. The molecule has 5 nitrogen and oxygen atoms in total. The van der Waals surface area contributed by atoms with Gasteiger partial charge in [-0.1, -0.05) is 23.8 Å². The van der Waals surface area contributed by atoms with Gasteiger partial charge < -0.3 is 4.90 Å². The number of aromatic nitrogens is 3. The number of hydrogen-bond acceptors (Lipinski definition) is 4. The zero-order valence-electron chi connectivity index (χ0n) is 10.4. The van der Waals surface area contributed by atoms with Crippen LogP contribution >= 0.6 is 0 Å². The Balaban J connectivity index is 2.18. The topological polar surface area (TPSA) is 51.0 Å². The van der Waals surface area contributed by atoms with Crippen LogP contribution in [0.5, 0.6) is 0 Å². The molecule has 1 aromatic carbocycles. The molecule has 0 radical (unpaired) electrons. The number of nitrogens with zero attached hydrogens (tertiary/aromatic N) is 4. The second-order valence-corrected chi connectivity index (χ2v) is 4.60. The van der Waals surface area contributed by atoms with Crippen molar-refractivity contribution < 1.29 is 0 Å². The standard InChI is InChI=1S/C13H14N4O/c1-9-4-3-5-10(8-9)11-12(18)17-7-6-16(2)13(17)15-14-11/h3-5,8H,6-7H2,1-2H3. The third-order valence-corrected chi connectivity index (χ3v) is 3.22. The Bertz CT molecular complexity index is 662. The van der Waals surface area contributed by atoms with Gasteiger partial charge in [0.2, 0.25) is 5.95 Å². The Morgan fingerprint density at radius 1 is 1.22 bits per heavy atom. The molecule has 2 aromatic rings. The molecule has 0 spiro atoms. The van der Waals surface area contributed by atoms with Crippen LogP contribution < -0.4 is 10.5 Å². The molecule has 0 saturated heterocycles. The fraction of sp³-hybridized carbons (Fsp3) is 0.308. The summed E-state index contributed by atoms with van der Waals surface area (Å²) >= 11 is 0. The molecule has 0 saturated carbocycles. The summed E-state index contributed by atoms with van der Waals surface area (Å²) < 4.78 is 1.69. The van der Waals surface area contributed by atoms with Gasteiger partial charge in [-0.25, -0.2) is 0 Å². The minimum Gasteiger partial charge on any atom is -0.342 e. The second-order valence-electron chi connectivity index (χ2n) is 4.60. The second kappa shape index (κ2) is 3.94. The molecule has 0 atom stereocenters. The molecule has 3 rings (SSSR count). The van der Waals surface area contributed by atoms with E-state index in [2.05, 4.69) is 10.2 Å². The summed E-state index contributed by atoms with van der Waals surface area (Å²) in [4.78, 5) is 14.3. The zero-order chi connectivity index (χ0) is 12.7. The minimum absolute atomic E-state index is 0.0602. The van der Waals surface area contributed by atoms with Crippen LogP contribution in [0.25, 0.3) is 11.3 Å². The smallest absolute Gasteiger partial charge is 0.281 e. The van der Waals surface area contributed by atoms with Crippen molar-refractivity contribution in [2.75, 3.05) is 18.5 Å². The van der Waals surface area contributed by atoms with Crippen LogP contribution in [0.2, 0.25) is 0 Å². The number of aryl methyl sites for hydroxylation is 1. The maximum absolute atomic E-state index is 12.4. The lowest BCUT2D eigenvalue weighted by molar-refractivity contribution is 0.742. The summed E-state index contributed by atoms with van der Waals surface area (Å²) in [6.07, 6.45) is 0. The SMILES string of the molecule is Cc1cccc(-c2nnc3n(c2=O)CCN3C)c1. The molecule has 0 bridgehead atoms. The summed E-state index contributed by atoms with van der Waals surface area (Å²) in [5, 5.41) is 8.23. The normalized spacial score (nSPS) is 13.8. The van der Waals surface area contributed by atoms with Gasteiger partial charge in [-0.3, -0.25) is 9.36 Å². The lowest BCUT2D eigenvalue weighted by Crippen LogP contribution is -2.23. The largest absolute Gasteiger partial charge is 0.342 e. The van der Waals surface area contributed by atoms with Crippen LogP contribution in [-0.4, -0.2) is 28.4 Å². The van der Waals surface area contributed by atoms with Crippen molar-refractivity contribution in [3.8, 4) is 11.3 Å². The molecule has 0 amide bonds. The molecular formula is C13H14N4O. The van der Waals surface area contributed by atoms with E-state index < -0.39 is 0 Å². The number of anilines is 1. The van der Waals surface area contributed by atoms with Gasteiger partial charge in [-0.05, 0) is 13.0 Å². The first-order valence-corrected chi connectivity index (χ1v) is 5.92. The fourth-order valence-electron chi connectivity index (χ4n) is 2.22. The quantitative estimate of drug-likeness (QED) is 0.750. The number of hydrogen-bond donors (Lipinski definition) is 0. The first-order valence-electron chi connectivity index (χ1n) is 5.92. The summed E-state index contributed by atoms with van der Waals surface area (Å²) in [5.74, 6) is 0.649. The number of likely N-dealkylation sites (N-methyl/N-ethyl adjacent to an activating group) is 1. The number of rotatable bonds is 1. The Morgan fingerprint density at radius 3 is 2.83 bits per heavy atom. The van der Waals surface area contributed by atoms with Gasteiger partial charge in [0.05, 0.1) is 0 Å². The van der Waals surface area contributed by atoms with Crippen LogP contribution in [0.15, 0.2) is 29.1 Å². The van der Waals surface area contributed by atoms with Gasteiger partial charge in [0.25, 0.3) is 5.56 Å². The predicted octanol–water partition coefficient (Wildman–Crippen LogP) is 1.06. The van der Waals surface area contributed by atoms with Crippen LogP contribution in [0.4, 0.5) is 5.95 Å². The van der Waals surface area contributed by atoms with Crippen molar-refractivity contribution in [3.63, 3.8) is 0 Å². The number of fused-ring (bicyclic) bond motifs is 1. The highest BCUT2D eigenvalue weighted by Crippen LogP contribution is 2.18. The Morgan fingerprint density at radius 2 is 2.06 bits per heavy atom. The monoisotopic (exact) mass is 242 g/mol. The van der Waals surface area contributed by atoms with E-state index in [0.29, 0.717) is 18.2 Å². The Labute approximate surface area is 105 Å². The maximum atomic E-state index is 12.4. The molecule has 2 heterocycles. The van der Waals surface area contributed by atoms with E-state index in [0.717, 1.165) is 17.7 Å². The zero-order valence-corrected chi connectivity index (χ0v) is 10.4. The molecular weight excluding hydrogens is 228 g/mol. The lowest BCUT2D eigenvalue weighted by Gasteiger charge is -2.09. The molecule has 0 unspecified atom stereocenters. The fourth-order valence-corrected chi connectivity index (χ4v) is 2.22. The van der Waals surface area contributed by atoms with Gasteiger partial charge in [0.1, 0.15) is 0 Å². The van der Waals surface area contributed by atoms with E-state index >= 15 is 0 Å². The molecule has 18 heavy (non-hydrogen) atoms. The third-order valence-electron chi connectivity index (χ3n) is 3.22. The van der Waals surface area contributed by atoms with E-state index in [1.165, 1.54) is 0 Å². The molecule has 92 valence electrons.